The van der Waals surface area contributed by atoms with Gasteiger partial charge in [0, 0.05) is 12.2 Å². The average Bonchev–Trinajstić information content (AvgIpc) is 2.63. The molecule has 17 heavy (non-hydrogen) atoms. The summed E-state index contributed by atoms with van der Waals surface area (Å²) in [4.78, 5) is 13.8. The summed E-state index contributed by atoms with van der Waals surface area (Å²) in [7, 11) is 0. The van der Waals surface area contributed by atoms with Crippen LogP contribution in [0, 0.1) is 11.7 Å². The number of likely N-dealkylation sites (tertiary alicyclic amines) is 1. The van der Waals surface area contributed by atoms with Gasteiger partial charge in [0.2, 0.25) is 5.91 Å². The lowest BCUT2D eigenvalue weighted by Crippen LogP contribution is -2.31. The fourth-order valence-electron chi connectivity index (χ4n) is 2.14. The van der Waals surface area contributed by atoms with Gasteiger partial charge in [0.1, 0.15) is 5.82 Å². The summed E-state index contributed by atoms with van der Waals surface area (Å²) in [6.07, 6.45) is 1.15. The smallest absolute Gasteiger partial charge is 0.238 e. The van der Waals surface area contributed by atoms with Crippen molar-refractivity contribution in [1.82, 2.24) is 4.90 Å². The lowest BCUT2D eigenvalue weighted by Gasteiger charge is -2.14. The first-order chi connectivity index (χ1) is 8.13. The molecule has 4 heteroatoms. The Morgan fingerprint density at radius 3 is 3.06 bits per heavy atom. The van der Waals surface area contributed by atoms with Crippen molar-refractivity contribution in [1.29, 1.82) is 0 Å². The van der Waals surface area contributed by atoms with Gasteiger partial charge in [0.05, 0.1) is 6.54 Å². The van der Waals surface area contributed by atoms with Crippen LogP contribution in [0.25, 0.3) is 0 Å². The predicted molar refractivity (Wildman–Crippen MR) is 65.3 cm³/mol. The highest BCUT2D eigenvalue weighted by atomic mass is 19.1. The van der Waals surface area contributed by atoms with Gasteiger partial charge in [-0.3, -0.25) is 9.69 Å². The van der Waals surface area contributed by atoms with Gasteiger partial charge >= 0.3 is 0 Å². The first-order valence-corrected chi connectivity index (χ1v) is 5.91. The minimum Gasteiger partial charge on any atom is -0.325 e. The Morgan fingerprint density at radius 1 is 1.59 bits per heavy atom. The van der Waals surface area contributed by atoms with Crippen LogP contribution in [-0.4, -0.2) is 30.4 Å². The van der Waals surface area contributed by atoms with Crippen LogP contribution in [0.4, 0.5) is 10.1 Å². The zero-order valence-corrected chi connectivity index (χ0v) is 9.95. The van der Waals surface area contributed by atoms with E-state index >= 15 is 0 Å². The van der Waals surface area contributed by atoms with E-state index in [9.17, 15) is 9.18 Å². The molecule has 1 aromatic rings. The second-order valence-corrected chi connectivity index (χ2v) is 4.69. The Bertz CT molecular complexity index is 408. The number of carbonyl (C=O) groups excluding carboxylic acids is 1. The van der Waals surface area contributed by atoms with E-state index in [4.69, 9.17) is 0 Å². The van der Waals surface area contributed by atoms with Gasteiger partial charge in [-0.2, -0.15) is 0 Å². The van der Waals surface area contributed by atoms with Gasteiger partial charge in [-0.15, -0.1) is 0 Å². The number of benzene rings is 1. The van der Waals surface area contributed by atoms with Crippen LogP contribution in [0.2, 0.25) is 0 Å². The maximum Gasteiger partial charge on any atom is 0.238 e. The molecule has 1 fully saturated rings. The minimum atomic E-state index is -0.336. The number of rotatable bonds is 3. The molecule has 92 valence electrons. The zero-order chi connectivity index (χ0) is 12.3. The molecular formula is C13H17FN2O. The first-order valence-electron chi connectivity index (χ1n) is 5.91. The van der Waals surface area contributed by atoms with E-state index in [0.717, 1.165) is 19.5 Å². The molecule has 1 aliphatic heterocycles. The Hall–Kier alpha value is -1.42. The van der Waals surface area contributed by atoms with Crippen molar-refractivity contribution in [3.05, 3.63) is 30.1 Å². The number of amides is 1. The minimum absolute atomic E-state index is 0.0790. The monoisotopic (exact) mass is 236 g/mol. The molecule has 1 heterocycles. The normalized spacial score (nSPS) is 20.5. The van der Waals surface area contributed by atoms with Crippen molar-refractivity contribution < 1.29 is 9.18 Å². The lowest BCUT2D eigenvalue weighted by molar-refractivity contribution is -0.117. The predicted octanol–water partition coefficient (Wildman–Crippen LogP) is 2.11. The third-order valence-electron chi connectivity index (χ3n) is 2.98. The molecule has 1 aliphatic rings. The number of hydrogen-bond acceptors (Lipinski definition) is 2. The quantitative estimate of drug-likeness (QED) is 0.871. The fourth-order valence-corrected chi connectivity index (χ4v) is 2.14. The molecule has 1 aromatic carbocycles. The number of nitrogens with one attached hydrogen (secondary N) is 1. The number of anilines is 1. The van der Waals surface area contributed by atoms with Gasteiger partial charge in [0.15, 0.2) is 0 Å². The summed E-state index contributed by atoms with van der Waals surface area (Å²) in [5.41, 5.74) is 0.516. The topological polar surface area (TPSA) is 32.3 Å². The van der Waals surface area contributed by atoms with Gasteiger partial charge in [-0.25, -0.2) is 4.39 Å². The van der Waals surface area contributed by atoms with E-state index < -0.39 is 0 Å². The van der Waals surface area contributed by atoms with Crippen molar-refractivity contribution in [3.8, 4) is 0 Å². The average molecular weight is 236 g/mol. The third-order valence-corrected chi connectivity index (χ3v) is 2.98. The van der Waals surface area contributed by atoms with Crippen molar-refractivity contribution >= 4 is 11.6 Å². The number of hydrogen-bond donors (Lipinski definition) is 1. The maximum absolute atomic E-state index is 12.9. The molecule has 0 saturated carbocycles. The summed E-state index contributed by atoms with van der Waals surface area (Å²) in [6.45, 7) is 4.51. The van der Waals surface area contributed by atoms with E-state index in [1.165, 1.54) is 12.1 Å². The van der Waals surface area contributed by atoms with Crippen molar-refractivity contribution in [2.45, 2.75) is 13.3 Å². The Balaban J connectivity index is 1.85. The maximum atomic E-state index is 12.9. The summed E-state index contributed by atoms with van der Waals surface area (Å²) >= 11 is 0. The molecule has 1 N–H and O–H groups in total. The second kappa shape index (κ2) is 5.27. The Labute approximate surface area is 101 Å². The van der Waals surface area contributed by atoms with E-state index in [2.05, 4.69) is 17.1 Å². The largest absolute Gasteiger partial charge is 0.325 e. The van der Waals surface area contributed by atoms with Crippen molar-refractivity contribution in [3.63, 3.8) is 0 Å². The summed E-state index contributed by atoms with van der Waals surface area (Å²) in [5, 5.41) is 2.70. The summed E-state index contributed by atoms with van der Waals surface area (Å²) in [5.74, 6) is 0.249. The van der Waals surface area contributed by atoms with Crippen LogP contribution < -0.4 is 5.32 Å². The molecule has 0 aromatic heterocycles. The van der Waals surface area contributed by atoms with E-state index in [1.807, 2.05) is 0 Å². The van der Waals surface area contributed by atoms with Gasteiger partial charge in [-0.05, 0) is 37.1 Å². The molecule has 0 aliphatic carbocycles. The van der Waals surface area contributed by atoms with Crippen LogP contribution >= 0.6 is 0 Å². The van der Waals surface area contributed by atoms with Gasteiger partial charge in [0.25, 0.3) is 0 Å². The molecule has 0 spiro atoms. The highest BCUT2D eigenvalue weighted by Crippen LogP contribution is 2.15. The lowest BCUT2D eigenvalue weighted by atomic mass is 10.2. The zero-order valence-electron chi connectivity index (χ0n) is 9.95. The molecular weight excluding hydrogens is 219 g/mol. The van der Waals surface area contributed by atoms with Crippen LogP contribution in [-0.2, 0) is 4.79 Å². The van der Waals surface area contributed by atoms with Crippen molar-refractivity contribution in [2.24, 2.45) is 5.92 Å². The molecule has 3 nitrogen and oxygen atoms in total. The Morgan fingerprint density at radius 2 is 2.41 bits per heavy atom. The second-order valence-electron chi connectivity index (χ2n) is 4.69. The fraction of sp³-hybridized carbons (Fsp3) is 0.462. The third kappa shape index (κ3) is 3.53. The summed E-state index contributed by atoms with van der Waals surface area (Å²) in [6, 6.07) is 5.96. The van der Waals surface area contributed by atoms with Gasteiger partial charge in [-0.1, -0.05) is 13.0 Å². The van der Waals surface area contributed by atoms with Crippen LogP contribution in [0.5, 0.6) is 0 Å². The number of carbonyl (C=O) groups is 1. The van der Waals surface area contributed by atoms with E-state index in [-0.39, 0.29) is 11.7 Å². The SMILES string of the molecule is CC1CCN(CC(=O)Nc2cccc(F)c2)C1. The Kier molecular flexibility index (Phi) is 3.74. The van der Waals surface area contributed by atoms with Gasteiger partial charge < -0.3 is 5.32 Å². The molecule has 0 radical (unpaired) electrons. The molecule has 1 unspecified atom stereocenters. The van der Waals surface area contributed by atoms with Crippen LogP contribution in [0.15, 0.2) is 24.3 Å². The molecule has 0 bridgehead atoms. The van der Waals surface area contributed by atoms with E-state index in [1.54, 1.807) is 12.1 Å². The van der Waals surface area contributed by atoms with Crippen LogP contribution in [0.1, 0.15) is 13.3 Å². The highest BCUT2D eigenvalue weighted by molar-refractivity contribution is 5.92. The summed E-state index contributed by atoms with van der Waals surface area (Å²) < 4.78 is 12.9. The standard InChI is InChI=1S/C13H17FN2O/c1-10-5-6-16(8-10)9-13(17)15-12-4-2-3-11(14)7-12/h2-4,7,10H,5-6,8-9H2,1H3,(H,15,17). The molecule has 2 rings (SSSR count). The molecule has 1 amide bonds. The van der Waals surface area contributed by atoms with Crippen molar-refractivity contribution in [2.75, 3.05) is 25.0 Å². The number of nitrogens with zero attached hydrogens (tertiary/aromatic N) is 1. The first kappa shape index (κ1) is 12.0. The highest BCUT2D eigenvalue weighted by Gasteiger charge is 2.20. The molecule has 1 saturated heterocycles. The number of halogens is 1. The van der Waals surface area contributed by atoms with Crippen LogP contribution in [0.3, 0.4) is 0 Å². The van der Waals surface area contributed by atoms with E-state index in [0.29, 0.717) is 18.2 Å². The molecule has 1 atom stereocenters.